The van der Waals surface area contributed by atoms with Crippen LogP contribution in [0.5, 0.6) is 0 Å². The standard InChI is InChI=1S/C37H48N3O6PS2/c1-3-45-35(42)27-39-36(43)33(40-34(41)24-23-32(38)37(44)46-4-2)28-49-48-26-16-8-15-25-47(29-17-9-5-10-18-29,30-19-11-6-12-20-30)31-21-13-7-14-22-31/h5-7,9-14,17-22,32-33H,3-4,8,15-16,23-28,38H2,1-2H3,(H-,39,40,41,43)/p+1/t32-,33-/m0/s1. The Labute approximate surface area is 299 Å². The number of esters is 2. The molecule has 3 aromatic carbocycles. The molecule has 12 heteroatoms. The van der Waals surface area contributed by atoms with Gasteiger partial charge in [0, 0.05) is 17.9 Å². The van der Waals surface area contributed by atoms with Crippen LogP contribution >= 0.6 is 28.9 Å². The van der Waals surface area contributed by atoms with Crippen molar-refractivity contribution in [2.75, 3.05) is 37.4 Å². The molecule has 264 valence electrons. The summed E-state index contributed by atoms with van der Waals surface area (Å²) in [5.74, 6) is -0.826. The Balaban J connectivity index is 1.55. The van der Waals surface area contributed by atoms with Gasteiger partial charge in [-0.2, -0.15) is 0 Å². The zero-order valence-corrected chi connectivity index (χ0v) is 30.9. The van der Waals surface area contributed by atoms with Gasteiger partial charge in [0.25, 0.3) is 0 Å². The van der Waals surface area contributed by atoms with E-state index in [0.29, 0.717) is 5.75 Å². The third-order valence-electron chi connectivity index (χ3n) is 7.77. The monoisotopic (exact) mass is 726 g/mol. The summed E-state index contributed by atoms with van der Waals surface area (Å²) in [5.41, 5.74) is 5.82. The molecule has 3 rings (SSSR count). The molecule has 0 aliphatic heterocycles. The lowest BCUT2D eigenvalue weighted by molar-refractivity contribution is -0.145. The van der Waals surface area contributed by atoms with Gasteiger partial charge in [-0.05, 0) is 75.9 Å². The molecule has 0 aliphatic carbocycles. The van der Waals surface area contributed by atoms with Gasteiger partial charge in [0.1, 0.15) is 41.8 Å². The number of unbranched alkanes of at least 4 members (excludes halogenated alkanes) is 2. The van der Waals surface area contributed by atoms with Crippen molar-refractivity contribution in [1.29, 1.82) is 0 Å². The second-order valence-corrected chi connectivity index (χ2v) is 17.5. The fourth-order valence-corrected chi connectivity index (χ4v) is 12.1. The van der Waals surface area contributed by atoms with Crippen LogP contribution in [0.25, 0.3) is 0 Å². The molecule has 2 amide bonds. The molecule has 0 spiro atoms. The molecular weight excluding hydrogens is 678 g/mol. The van der Waals surface area contributed by atoms with Crippen molar-refractivity contribution in [1.82, 2.24) is 10.6 Å². The zero-order valence-electron chi connectivity index (χ0n) is 28.4. The minimum Gasteiger partial charge on any atom is -0.465 e. The maximum Gasteiger partial charge on any atom is 0.325 e. The Hall–Kier alpha value is -3.37. The lowest BCUT2D eigenvalue weighted by Crippen LogP contribution is -2.49. The van der Waals surface area contributed by atoms with Crippen LogP contribution in [0.3, 0.4) is 0 Å². The smallest absolute Gasteiger partial charge is 0.325 e. The van der Waals surface area contributed by atoms with Crippen molar-refractivity contribution in [3.05, 3.63) is 91.0 Å². The van der Waals surface area contributed by atoms with E-state index in [0.717, 1.165) is 31.2 Å². The average molecular weight is 727 g/mol. The minimum atomic E-state index is -1.86. The predicted octanol–water partition coefficient (Wildman–Crippen LogP) is 4.37. The lowest BCUT2D eigenvalue weighted by atomic mass is 10.1. The van der Waals surface area contributed by atoms with Crippen molar-refractivity contribution < 1.29 is 28.7 Å². The van der Waals surface area contributed by atoms with Crippen LogP contribution in [0.1, 0.15) is 46.0 Å². The maximum absolute atomic E-state index is 12.9. The molecule has 4 N–H and O–H groups in total. The summed E-state index contributed by atoms with van der Waals surface area (Å²) in [6, 6.07) is 30.9. The highest BCUT2D eigenvalue weighted by Gasteiger charge is 2.44. The summed E-state index contributed by atoms with van der Waals surface area (Å²) < 4.78 is 9.79. The molecule has 9 nitrogen and oxygen atoms in total. The Morgan fingerprint density at radius 3 is 1.84 bits per heavy atom. The van der Waals surface area contributed by atoms with Gasteiger partial charge in [-0.3, -0.25) is 19.2 Å². The van der Waals surface area contributed by atoms with Crippen molar-refractivity contribution in [2.24, 2.45) is 5.73 Å². The molecule has 3 aromatic rings. The van der Waals surface area contributed by atoms with Crippen LogP contribution in [0, 0.1) is 0 Å². The summed E-state index contributed by atoms with van der Waals surface area (Å²) in [5, 5.41) is 9.43. The third-order valence-corrected chi connectivity index (χ3v) is 14.8. The van der Waals surface area contributed by atoms with Gasteiger partial charge in [-0.1, -0.05) is 76.2 Å². The highest BCUT2D eigenvalue weighted by molar-refractivity contribution is 8.76. The van der Waals surface area contributed by atoms with E-state index < -0.39 is 43.1 Å². The number of hydrogen-bond acceptors (Lipinski definition) is 9. The van der Waals surface area contributed by atoms with E-state index in [-0.39, 0.29) is 32.6 Å². The summed E-state index contributed by atoms with van der Waals surface area (Å²) >= 11 is 0. The molecule has 2 atom stereocenters. The van der Waals surface area contributed by atoms with Crippen molar-refractivity contribution in [2.45, 2.75) is 58.0 Å². The molecule has 0 unspecified atom stereocenters. The number of carbonyl (C=O) groups is 4. The predicted molar refractivity (Wildman–Crippen MR) is 204 cm³/mol. The molecule has 0 radical (unpaired) electrons. The Morgan fingerprint density at radius 1 is 0.755 bits per heavy atom. The first-order valence-electron chi connectivity index (χ1n) is 16.8. The van der Waals surface area contributed by atoms with Crippen molar-refractivity contribution in [3.8, 4) is 0 Å². The van der Waals surface area contributed by atoms with Gasteiger partial charge in [-0.15, -0.1) is 0 Å². The fourth-order valence-electron chi connectivity index (χ4n) is 5.34. The van der Waals surface area contributed by atoms with Crippen LogP contribution in [0.2, 0.25) is 0 Å². The first kappa shape index (κ1) is 40.1. The topological polar surface area (TPSA) is 137 Å². The normalized spacial score (nSPS) is 12.4. The number of amides is 2. The lowest BCUT2D eigenvalue weighted by Gasteiger charge is -2.27. The number of nitrogens with one attached hydrogen (secondary N) is 2. The van der Waals surface area contributed by atoms with E-state index in [1.807, 2.05) is 0 Å². The first-order valence-corrected chi connectivity index (χ1v) is 21.2. The van der Waals surface area contributed by atoms with Gasteiger partial charge < -0.3 is 25.8 Å². The van der Waals surface area contributed by atoms with Crippen LogP contribution in [-0.4, -0.2) is 73.3 Å². The molecule has 0 saturated heterocycles. The van der Waals surface area contributed by atoms with Crippen LogP contribution in [0.15, 0.2) is 91.0 Å². The number of carbonyl (C=O) groups excluding carboxylic acids is 4. The molecule has 0 heterocycles. The van der Waals surface area contributed by atoms with Gasteiger partial charge in [-0.25, -0.2) is 0 Å². The zero-order chi connectivity index (χ0) is 35.3. The van der Waals surface area contributed by atoms with E-state index >= 15 is 0 Å². The highest BCUT2D eigenvalue weighted by atomic mass is 33.1. The first-order chi connectivity index (χ1) is 23.8. The quantitative estimate of drug-likeness (QED) is 0.0597. The van der Waals surface area contributed by atoms with Gasteiger partial charge >= 0.3 is 11.9 Å². The summed E-state index contributed by atoms with van der Waals surface area (Å²) in [4.78, 5) is 49.2. The molecule has 49 heavy (non-hydrogen) atoms. The molecular formula is C37H49N3O6PS2+. The van der Waals surface area contributed by atoms with Crippen LogP contribution < -0.4 is 32.3 Å². The Kier molecular flexibility index (Phi) is 18.3. The van der Waals surface area contributed by atoms with Gasteiger partial charge in [0.05, 0.1) is 19.4 Å². The number of hydrogen-bond donors (Lipinski definition) is 3. The number of benzene rings is 3. The van der Waals surface area contributed by atoms with Crippen molar-refractivity contribution >= 4 is 68.5 Å². The largest absolute Gasteiger partial charge is 0.465 e. The maximum atomic E-state index is 12.9. The number of rotatable bonds is 22. The third kappa shape index (κ3) is 13.1. The summed E-state index contributed by atoms with van der Waals surface area (Å²) in [6.07, 6.45) is 4.25. The van der Waals surface area contributed by atoms with Crippen LogP contribution in [0.4, 0.5) is 0 Å². The summed E-state index contributed by atoms with van der Waals surface area (Å²) in [6.45, 7) is 3.49. The molecule has 0 saturated carbocycles. The summed E-state index contributed by atoms with van der Waals surface area (Å²) in [7, 11) is 1.30. The highest BCUT2D eigenvalue weighted by Crippen LogP contribution is 2.56. The number of nitrogens with two attached hydrogens (primary N) is 1. The van der Waals surface area contributed by atoms with E-state index in [9.17, 15) is 19.2 Å². The number of ether oxygens (including phenoxy) is 2. The fraction of sp³-hybridized carbons (Fsp3) is 0.405. The van der Waals surface area contributed by atoms with Crippen molar-refractivity contribution in [3.63, 3.8) is 0 Å². The second kappa shape index (κ2) is 22.4. The Morgan fingerprint density at radius 2 is 1.31 bits per heavy atom. The van der Waals surface area contributed by atoms with E-state index in [4.69, 9.17) is 15.2 Å². The molecule has 0 aliphatic rings. The van der Waals surface area contributed by atoms with E-state index in [1.54, 1.807) is 24.6 Å². The SMILES string of the molecule is CCOC(=O)CNC(=O)[C@H](CSSCCCCC[P+](c1ccccc1)(c1ccccc1)c1ccccc1)NC(=O)CC[C@H](N)C(=O)OCC. The van der Waals surface area contributed by atoms with Gasteiger partial charge in [0.15, 0.2) is 0 Å². The molecule has 0 aromatic heterocycles. The molecule has 0 bridgehead atoms. The molecule has 0 fully saturated rings. The minimum absolute atomic E-state index is 0.0431. The van der Waals surface area contributed by atoms with E-state index in [2.05, 4.69) is 102 Å². The average Bonchev–Trinajstić information content (AvgIpc) is 3.13. The van der Waals surface area contributed by atoms with Gasteiger partial charge in [0.2, 0.25) is 11.8 Å². The van der Waals surface area contributed by atoms with Crippen LogP contribution in [-0.2, 0) is 28.7 Å². The van der Waals surface area contributed by atoms with E-state index in [1.165, 1.54) is 26.7 Å². The Bertz CT molecular complexity index is 1340. The second-order valence-electron chi connectivity index (χ2n) is 11.2.